The zero-order valence-corrected chi connectivity index (χ0v) is 21.1. The van der Waals surface area contributed by atoms with E-state index in [2.05, 4.69) is 10.2 Å². The van der Waals surface area contributed by atoms with Crippen LogP contribution in [0, 0.1) is 0 Å². The summed E-state index contributed by atoms with van der Waals surface area (Å²) >= 11 is 6.01. The molecule has 0 aromatic heterocycles. The second kappa shape index (κ2) is 12.7. The van der Waals surface area contributed by atoms with Crippen molar-refractivity contribution < 1.29 is 28.6 Å². The van der Waals surface area contributed by atoms with Crippen molar-refractivity contribution in [2.24, 2.45) is 0 Å². The SMILES string of the molecule is COc1cc(N)c(Cl)cc1C(=O)OCCN1CCN(C(=O)CCCNC(=O)OC(C)(C)C)CC1. The van der Waals surface area contributed by atoms with Crippen LogP contribution < -0.4 is 15.8 Å². The Bertz CT molecular complexity index is 866. The molecule has 0 bridgehead atoms. The van der Waals surface area contributed by atoms with E-state index in [-0.39, 0.29) is 23.1 Å². The van der Waals surface area contributed by atoms with Crippen LogP contribution in [-0.4, -0.2) is 86.4 Å². The molecule has 1 aromatic carbocycles. The summed E-state index contributed by atoms with van der Waals surface area (Å²) in [6.07, 6.45) is 0.430. The molecule has 1 aliphatic rings. The number of methoxy groups -OCH3 is 1. The molecule has 0 spiro atoms. The van der Waals surface area contributed by atoms with E-state index >= 15 is 0 Å². The Labute approximate surface area is 205 Å². The first-order valence-corrected chi connectivity index (χ1v) is 11.6. The monoisotopic (exact) mass is 498 g/mol. The Morgan fingerprint density at radius 1 is 1.15 bits per heavy atom. The van der Waals surface area contributed by atoms with E-state index in [0.29, 0.717) is 63.5 Å². The summed E-state index contributed by atoms with van der Waals surface area (Å²) in [5, 5.41) is 2.92. The molecule has 190 valence electrons. The van der Waals surface area contributed by atoms with Crippen molar-refractivity contribution >= 4 is 35.3 Å². The van der Waals surface area contributed by atoms with Gasteiger partial charge in [-0.2, -0.15) is 0 Å². The van der Waals surface area contributed by atoms with E-state index in [1.165, 1.54) is 19.2 Å². The number of esters is 1. The van der Waals surface area contributed by atoms with E-state index in [1.54, 1.807) is 20.8 Å². The van der Waals surface area contributed by atoms with Gasteiger partial charge in [0.25, 0.3) is 0 Å². The number of nitrogen functional groups attached to an aromatic ring is 1. The van der Waals surface area contributed by atoms with Gasteiger partial charge in [-0.15, -0.1) is 0 Å². The number of carbonyl (C=O) groups is 3. The average Bonchev–Trinajstić information content (AvgIpc) is 2.77. The third kappa shape index (κ3) is 8.90. The van der Waals surface area contributed by atoms with Crippen LogP contribution in [0.15, 0.2) is 12.1 Å². The number of piperazine rings is 1. The predicted octanol–water partition coefficient (Wildman–Crippen LogP) is 2.54. The van der Waals surface area contributed by atoms with Gasteiger partial charge in [0.2, 0.25) is 5.91 Å². The molecule has 0 atom stereocenters. The fourth-order valence-electron chi connectivity index (χ4n) is 3.37. The van der Waals surface area contributed by atoms with Crippen LogP contribution in [0.5, 0.6) is 5.75 Å². The zero-order valence-electron chi connectivity index (χ0n) is 20.3. The summed E-state index contributed by atoms with van der Waals surface area (Å²) in [5.41, 5.74) is 5.74. The van der Waals surface area contributed by atoms with Gasteiger partial charge in [0.05, 0.1) is 17.8 Å². The number of alkyl carbamates (subject to hydrolysis) is 1. The van der Waals surface area contributed by atoms with E-state index in [1.807, 2.05) is 4.90 Å². The summed E-state index contributed by atoms with van der Waals surface area (Å²) < 4.78 is 15.7. The lowest BCUT2D eigenvalue weighted by Crippen LogP contribution is -2.49. The summed E-state index contributed by atoms with van der Waals surface area (Å²) in [7, 11) is 1.44. The van der Waals surface area contributed by atoms with E-state index in [9.17, 15) is 14.4 Å². The van der Waals surface area contributed by atoms with Crippen molar-refractivity contribution in [3.63, 3.8) is 0 Å². The van der Waals surface area contributed by atoms with Crippen LogP contribution in [0.1, 0.15) is 44.0 Å². The Morgan fingerprint density at radius 2 is 1.82 bits per heavy atom. The van der Waals surface area contributed by atoms with Crippen LogP contribution in [0.4, 0.5) is 10.5 Å². The van der Waals surface area contributed by atoms with Crippen molar-refractivity contribution in [2.75, 3.05) is 58.7 Å². The van der Waals surface area contributed by atoms with Crippen molar-refractivity contribution in [3.8, 4) is 5.75 Å². The summed E-state index contributed by atoms with van der Waals surface area (Å²) in [6, 6.07) is 2.92. The lowest BCUT2D eigenvalue weighted by atomic mass is 10.2. The maximum Gasteiger partial charge on any atom is 0.407 e. The number of rotatable bonds is 9. The minimum atomic E-state index is -0.547. The van der Waals surface area contributed by atoms with E-state index < -0.39 is 17.7 Å². The highest BCUT2D eigenvalue weighted by Crippen LogP contribution is 2.29. The Kier molecular flexibility index (Phi) is 10.2. The van der Waals surface area contributed by atoms with Crippen LogP contribution in [0.2, 0.25) is 5.02 Å². The second-order valence-electron chi connectivity index (χ2n) is 8.96. The topological polar surface area (TPSA) is 123 Å². The lowest BCUT2D eigenvalue weighted by molar-refractivity contribution is -0.133. The molecule has 1 heterocycles. The van der Waals surface area contributed by atoms with Crippen molar-refractivity contribution in [2.45, 2.75) is 39.2 Å². The summed E-state index contributed by atoms with van der Waals surface area (Å²) in [4.78, 5) is 40.4. The first-order valence-electron chi connectivity index (χ1n) is 11.3. The second-order valence-corrected chi connectivity index (χ2v) is 9.37. The predicted molar refractivity (Wildman–Crippen MR) is 129 cm³/mol. The maximum absolute atomic E-state index is 12.4. The fraction of sp³-hybridized carbons (Fsp3) is 0.609. The molecule has 0 saturated carbocycles. The van der Waals surface area contributed by atoms with Crippen molar-refractivity contribution in [3.05, 3.63) is 22.7 Å². The highest BCUT2D eigenvalue weighted by molar-refractivity contribution is 6.33. The minimum absolute atomic E-state index is 0.0596. The lowest BCUT2D eigenvalue weighted by Gasteiger charge is -2.34. The number of nitrogens with zero attached hydrogens (tertiary/aromatic N) is 2. The summed E-state index contributed by atoms with van der Waals surface area (Å²) in [6.45, 7) is 9.13. The van der Waals surface area contributed by atoms with Gasteiger partial charge in [0.1, 0.15) is 23.5 Å². The van der Waals surface area contributed by atoms with Crippen molar-refractivity contribution in [1.82, 2.24) is 15.1 Å². The van der Waals surface area contributed by atoms with Crippen molar-refractivity contribution in [1.29, 1.82) is 0 Å². The highest BCUT2D eigenvalue weighted by Gasteiger charge is 2.22. The van der Waals surface area contributed by atoms with Crippen LogP contribution >= 0.6 is 11.6 Å². The number of nitrogens with two attached hydrogens (primary N) is 1. The van der Waals surface area contributed by atoms with E-state index in [4.69, 9.17) is 31.5 Å². The molecular formula is C23H35ClN4O6. The Balaban J connectivity index is 1.65. The first kappa shape index (κ1) is 27.5. The number of hydrogen-bond acceptors (Lipinski definition) is 8. The molecule has 11 heteroatoms. The van der Waals surface area contributed by atoms with Gasteiger partial charge in [-0.1, -0.05) is 11.6 Å². The van der Waals surface area contributed by atoms with Gasteiger partial charge in [-0.25, -0.2) is 9.59 Å². The molecule has 0 radical (unpaired) electrons. The quantitative estimate of drug-likeness (QED) is 0.302. The molecule has 2 amide bonds. The average molecular weight is 499 g/mol. The number of benzene rings is 1. The zero-order chi connectivity index (χ0) is 25.3. The molecule has 34 heavy (non-hydrogen) atoms. The van der Waals surface area contributed by atoms with Crippen LogP contribution in [0.25, 0.3) is 0 Å². The van der Waals surface area contributed by atoms with Gasteiger partial charge in [-0.05, 0) is 33.3 Å². The normalized spacial score (nSPS) is 14.4. The number of halogens is 1. The number of ether oxygens (including phenoxy) is 3. The van der Waals surface area contributed by atoms with Gasteiger partial charge in [0, 0.05) is 51.8 Å². The molecule has 2 rings (SSSR count). The Hall–Kier alpha value is -2.72. The maximum atomic E-state index is 12.4. The first-order chi connectivity index (χ1) is 16.0. The molecule has 1 saturated heterocycles. The number of hydrogen-bond donors (Lipinski definition) is 2. The fourth-order valence-corrected chi connectivity index (χ4v) is 3.53. The molecule has 1 aromatic rings. The molecular weight excluding hydrogens is 464 g/mol. The molecule has 0 aliphatic carbocycles. The molecule has 10 nitrogen and oxygen atoms in total. The number of amides is 2. The van der Waals surface area contributed by atoms with Crippen LogP contribution in [-0.2, 0) is 14.3 Å². The smallest absolute Gasteiger partial charge is 0.407 e. The largest absolute Gasteiger partial charge is 0.496 e. The Morgan fingerprint density at radius 3 is 2.44 bits per heavy atom. The van der Waals surface area contributed by atoms with Gasteiger partial charge >= 0.3 is 12.1 Å². The van der Waals surface area contributed by atoms with E-state index in [0.717, 1.165) is 0 Å². The van der Waals surface area contributed by atoms with Crippen LogP contribution in [0.3, 0.4) is 0 Å². The third-order valence-corrected chi connectivity index (χ3v) is 5.47. The highest BCUT2D eigenvalue weighted by atomic mass is 35.5. The minimum Gasteiger partial charge on any atom is -0.496 e. The summed E-state index contributed by atoms with van der Waals surface area (Å²) in [5.74, 6) is -0.169. The van der Waals surface area contributed by atoms with Gasteiger partial charge in [0.15, 0.2) is 0 Å². The number of carbonyl (C=O) groups excluding carboxylic acids is 3. The molecule has 3 N–H and O–H groups in total. The van der Waals surface area contributed by atoms with Gasteiger partial charge in [-0.3, -0.25) is 9.69 Å². The molecule has 1 fully saturated rings. The number of nitrogens with one attached hydrogen (secondary N) is 1. The molecule has 0 unspecified atom stereocenters. The van der Waals surface area contributed by atoms with Gasteiger partial charge < -0.3 is 30.2 Å². The molecule has 1 aliphatic heterocycles. The number of anilines is 1. The standard InChI is InChI=1S/C23H35ClN4O6/c1-23(2,3)34-22(31)26-7-5-6-20(29)28-10-8-27(9-11-28)12-13-33-21(30)16-14-17(24)18(25)15-19(16)32-4/h14-15H,5-13,25H2,1-4H3,(H,26,31). The third-order valence-electron chi connectivity index (χ3n) is 5.14.